The number of primary amides is 1. The molecule has 1 aliphatic heterocycles. The van der Waals surface area contributed by atoms with Crippen LogP contribution in [-0.4, -0.2) is 42.6 Å². The number of nitrogens with zero attached hydrogens (tertiary/aromatic N) is 2. The summed E-state index contributed by atoms with van der Waals surface area (Å²) in [5.41, 5.74) is 6.86. The molecule has 0 spiro atoms. The number of nitrogens with two attached hydrogens (primary N) is 1. The molecule has 1 fully saturated rings. The second-order valence-electron chi connectivity index (χ2n) is 6.20. The number of anilines is 1. The van der Waals surface area contributed by atoms with Crippen LogP contribution in [0.25, 0.3) is 0 Å². The van der Waals surface area contributed by atoms with Gasteiger partial charge in [-0.3, -0.25) is 4.79 Å². The van der Waals surface area contributed by atoms with E-state index in [1.54, 1.807) is 12.0 Å². The third-order valence-electron chi connectivity index (χ3n) is 4.55. The van der Waals surface area contributed by atoms with Crippen molar-refractivity contribution in [2.45, 2.75) is 18.9 Å². The van der Waals surface area contributed by atoms with Crippen LogP contribution in [0.3, 0.4) is 0 Å². The van der Waals surface area contributed by atoms with Crippen molar-refractivity contribution in [2.24, 2.45) is 5.73 Å². The van der Waals surface area contributed by atoms with Crippen molar-refractivity contribution >= 4 is 17.6 Å². The molecule has 3 amide bonds. The zero-order chi connectivity index (χ0) is 19.4. The van der Waals surface area contributed by atoms with Crippen LogP contribution in [0.15, 0.2) is 36.5 Å². The maximum atomic E-state index is 12.8. The number of ether oxygens (including phenoxy) is 2. The molecule has 3 N–H and O–H groups in total. The Balaban J connectivity index is 1.79. The molecular weight excluding hydrogens is 348 g/mol. The molecule has 1 aliphatic rings. The van der Waals surface area contributed by atoms with Gasteiger partial charge in [0.05, 0.1) is 32.1 Å². The van der Waals surface area contributed by atoms with E-state index in [0.717, 1.165) is 24.2 Å². The van der Waals surface area contributed by atoms with Gasteiger partial charge >= 0.3 is 6.03 Å². The van der Waals surface area contributed by atoms with Crippen molar-refractivity contribution in [3.63, 3.8) is 0 Å². The summed E-state index contributed by atoms with van der Waals surface area (Å²) in [6.45, 7) is 0.639. The van der Waals surface area contributed by atoms with Crippen LogP contribution in [0, 0.1) is 0 Å². The average Bonchev–Trinajstić information content (AvgIpc) is 3.18. The zero-order valence-corrected chi connectivity index (χ0v) is 15.3. The predicted molar refractivity (Wildman–Crippen MR) is 100 cm³/mol. The van der Waals surface area contributed by atoms with E-state index in [9.17, 15) is 9.59 Å². The number of benzene rings is 1. The minimum absolute atomic E-state index is 0.0399. The molecule has 0 aliphatic carbocycles. The Morgan fingerprint density at radius 3 is 2.78 bits per heavy atom. The predicted octanol–water partition coefficient (Wildman–Crippen LogP) is 2.57. The van der Waals surface area contributed by atoms with Crippen molar-refractivity contribution < 1.29 is 19.1 Å². The monoisotopic (exact) mass is 370 g/mol. The SMILES string of the molecule is COc1cccc([C@H]2CCCN2C(=O)Nc2cnc(OC)c(C(N)=O)c2)c1. The summed E-state index contributed by atoms with van der Waals surface area (Å²) in [5, 5.41) is 2.79. The number of likely N-dealkylation sites (tertiary alicyclic amines) is 1. The molecule has 1 aromatic carbocycles. The fourth-order valence-corrected chi connectivity index (χ4v) is 3.26. The molecule has 0 radical (unpaired) electrons. The highest BCUT2D eigenvalue weighted by Crippen LogP contribution is 2.34. The van der Waals surface area contributed by atoms with Gasteiger partial charge in [-0.25, -0.2) is 9.78 Å². The van der Waals surface area contributed by atoms with E-state index in [1.807, 2.05) is 24.3 Å². The van der Waals surface area contributed by atoms with E-state index < -0.39 is 5.91 Å². The molecule has 1 aromatic heterocycles. The van der Waals surface area contributed by atoms with Crippen LogP contribution in [-0.2, 0) is 0 Å². The third kappa shape index (κ3) is 3.94. The van der Waals surface area contributed by atoms with Gasteiger partial charge in [-0.1, -0.05) is 12.1 Å². The molecule has 1 atom stereocenters. The molecule has 8 nitrogen and oxygen atoms in total. The molecule has 2 aromatic rings. The first-order valence-electron chi connectivity index (χ1n) is 8.59. The molecule has 2 heterocycles. The number of rotatable bonds is 5. The highest BCUT2D eigenvalue weighted by atomic mass is 16.5. The third-order valence-corrected chi connectivity index (χ3v) is 4.55. The Kier molecular flexibility index (Phi) is 5.44. The van der Waals surface area contributed by atoms with Crippen molar-refractivity contribution in [2.75, 3.05) is 26.1 Å². The molecule has 1 saturated heterocycles. The number of carbonyl (C=O) groups excluding carboxylic acids is 2. The largest absolute Gasteiger partial charge is 0.497 e. The molecule has 0 bridgehead atoms. The lowest BCUT2D eigenvalue weighted by molar-refractivity contribution is 0.0996. The van der Waals surface area contributed by atoms with Crippen molar-refractivity contribution in [1.82, 2.24) is 9.88 Å². The normalized spacial score (nSPS) is 16.1. The standard InChI is InChI=1S/C19H22N4O4/c1-26-14-6-3-5-12(9-14)16-7-4-8-23(16)19(25)22-13-10-15(17(20)24)18(27-2)21-11-13/h3,5-6,9-11,16H,4,7-8H2,1-2H3,(H2,20,24)(H,22,25)/t16-/m1/s1. The lowest BCUT2D eigenvalue weighted by Crippen LogP contribution is -2.34. The number of hydrogen-bond acceptors (Lipinski definition) is 5. The lowest BCUT2D eigenvalue weighted by Gasteiger charge is -2.25. The van der Waals surface area contributed by atoms with E-state index >= 15 is 0 Å². The number of hydrogen-bond donors (Lipinski definition) is 2. The number of aromatic nitrogens is 1. The van der Waals surface area contributed by atoms with Gasteiger partial charge in [0, 0.05) is 6.54 Å². The van der Waals surface area contributed by atoms with Crippen molar-refractivity contribution in [1.29, 1.82) is 0 Å². The second-order valence-corrected chi connectivity index (χ2v) is 6.20. The quantitative estimate of drug-likeness (QED) is 0.841. The van der Waals surface area contributed by atoms with Crippen LogP contribution in [0.1, 0.15) is 34.8 Å². The van der Waals surface area contributed by atoms with Gasteiger partial charge in [0.1, 0.15) is 11.3 Å². The maximum absolute atomic E-state index is 12.8. The van der Waals surface area contributed by atoms with Gasteiger partial charge in [-0.2, -0.15) is 0 Å². The minimum atomic E-state index is -0.675. The van der Waals surface area contributed by atoms with Gasteiger partial charge in [-0.15, -0.1) is 0 Å². The fourth-order valence-electron chi connectivity index (χ4n) is 3.26. The number of methoxy groups -OCH3 is 2. The Labute approximate surface area is 157 Å². The Morgan fingerprint density at radius 2 is 2.07 bits per heavy atom. The van der Waals surface area contributed by atoms with Crippen molar-refractivity contribution in [3.8, 4) is 11.6 Å². The van der Waals surface area contributed by atoms with Gasteiger partial charge in [0.2, 0.25) is 5.88 Å². The maximum Gasteiger partial charge on any atom is 0.322 e. The number of nitrogens with one attached hydrogen (secondary N) is 1. The summed E-state index contributed by atoms with van der Waals surface area (Å²) in [6, 6.07) is 8.87. The van der Waals surface area contributed by atoms with Gasteiger partial charge < -0.3 is 25.4 Å². The molecule has 0 saturated carbocycles. The zero-order valence-electron chi connectivity index (χ0n) is 15.3. The Hall–Kier alpha value is -3.29. The lowest BCUT2D eigenvalue weighted by atomic mass is 10.0. The number of amides is 3. The summed E-state index contributed by atoms with van der Waals surface area (Å²) in [6.07, 6.45) is 3.20. The minimum Gasteiger partial charge on any atom is -0.497 e. The van der Waals surface area contributed by atoms with Crippen molar-refractivity contribution in [3.05, 3.63) is 47.7 Å². The van der Waals surface area contributed by atoms with Gasteiger partial charge in [0.25, 0.3) is 5.91 Å². The van der Waals surface area contributed by atoms with E-state index in [4.69, 9.17) is 15.2 Å². The van der Waals surface area contributed by atoms with Gasteiger partial charge in [-0.05, 0) is 36.6 Å². The second kappa shape index (κ2) is 7.94. The molecule has 142 valence electrons. The first kappa shape index (κ1) is 18.5. The molecule has 27 heavy (non-hydrogen) atoms. The van der Waals surface area contributed by atoms with Crippen LogP contribution < -0.4 is 20.5 Å². The highest BCUT2D eigenvalue weighted by Gasteiger charge is 2.30. The van der Waals surface area contributed by atoms with E-state index in [2.05, 4.69) is 10.3 Å². The van der Waals surface area contributed by atoms with Crippen LogP contribution in [0.2, 0.25) is 0 Å². The first-order valence-corrected chi connectivity index (χ1v) is 8.59. The molecular formula is C19H22N4O4. The highest BCUT2D eigenvalue weighted by molar-refractivity contribution is 5.97. The summed E-state index contributed by atoms with van der Waals surface area (Å²) in [7, 11) is 3.02. The molecule has 8 heteroatoms. The summed E-state index contributed by atoms with van der Waals surface area (Å²) in [4.78, 5) is 30.1. The summed E-state index contributed by atoms with van der Waals surface area (Å²) < 4.78 is 10.3. The Bertz CT molecular complexity index is 855. The van der Waals surface area contributed by atoms with Crippen LogP contribution in [0.4, 0.5) is 10.5 Å². The number of urea groups is 1. The Morgan fingerprint density at radius 1 is 1.26 bits per heavy atom. The van der Waals surface area contributed by atoms with Crippen LogP contribution >= 0.6 is 0 Å². The summed E-state index contributed by atoms with van der Waals surface area (Å²) in [5.74, 6) is 0.201. The van der Waals surface area contributed by atoms with Gasteiger partial charge in [0.15, 0.2) is 0 Å². The summed E-state index contributed by atoms with van der Waals surface area (Å²) >= 11 is 0. The van der Waals surface area contributed by atoms with E-state index in [0.29, 0.717) is 12.2 Å². The van der Waals surface area contributed by atoms with E-state index in [-0.39, 0.29) is 23.5 Å². The molecule has 3 rings (SSSR count). The smallest absolute Gasteiger partial charge is 0.322 e. The van der Waals surface area contributed by atoms with E-state index in [1.165, 1.54) is 19.4 Å². The number of carbonyl (C=O) groups is 2. The number of pyridine rings is 1. The van der Waals surface area contributed by atoms with Crippen LogP contribution in [0.5, 0.6) is 11.6 Å². The molecule has 0 unspecified atom stereocenters. The average molecular weight is 370 g/mol. The topological polar surface area (TPSA) is 107 Å². The fraction of sp³-hybridized carbons (Fsp3) is 0.316. The first-order chi connectivity index (χ1) is 13.0.